The van der Waals surface area contributed by atoms with E-state index in [4.69, 9.17) is 0 Å². The molecule has 102 valence electrons. The summed E-state index contributed by atoms with van der Waals surface area (Å²) < 4.78 is 0. The van der Waals surface area contributed by atoms with Crippen LogP contribution in [0.5, 0.6) is 0 Å². The zero-order valence-corrected chi connectivity index (χ0v) is 12.1. The normalized spacial score (nSPS) is 11.8. The number of benzene rings is 2. The number of nitrogens with one attached hydrogen (secondary N) is 1. The molecular weight excluding hydrogens is 244 g/mol. The van der Waals surface area contributed by atoms with E-state index in [1.165, 1.54) is 16.7 Å². The fourth-order valence-electron chi connectivity index (χ4n) is 2.11. The molecule has 0 amide bonds. The molecule has 0 fully saturated rings. The van der Waals surface area contributed by atoms with E-state index in [0.29, 0.717) is 6.54 Å². The van der Waals surface area contributed by atoms with Gasteiger partial charge in [0.05, 0.1) is 6.07 Å². The lowest BCUT2D eigenvalue weighted by molar-refractivity contribution is 0.630. The number of nitriles is 1. The summed E-state index contributed by atoms with van der Waals surface area (Å²) in [5, 5.41) is 12.6. The van der Waals surface area contributed by atoms with Crippen molar-refractivity contribution in [1.82, 2.24) is 5.32 Å². The van der Waals surface area contributed by atoms with Crippen LogP contribution in [-0.4, -0.2) is 0 Å². The number of hydrogen-bond acceptors (Lipinski definition) is 2. The molecule has 2 aromatic carbocycles. The summed E-state index contributed by atoms with van der Waals surface area (Å²) in [7, 11) is 0. The van der Waals surface area contributed by atoms with E-state index >= 15 is 0 Å². The molecule has 0 heterocycles. The van der Waals surface area contributed by atoms with Crippen molar-refractivity contribution in [2.75, 3.05) is 0 Å². The first kappa shape index (κ1) is 14.3. The van der Waals surface area contributed by atoms with Crippen molar-refractivity contribution in [1.29, 1.82) is 5.26 Å². The first-order valence-corrected chi connectivity index (χ1v) is 7.00. The number of nitrogens with zero attached hydrogens (tertiary/aromatic N) is 1. The number of aryl methyl sites for hydroxylation is 2. The van der Waals surface area contributed by atoms with E-state index < -0.39 is 0 Å². The van der Waals surface area contributed by atoms with Gasteiger partial charge in [0.15, 0.2) is 0 Å². The van der Waals surface area contributed by atoms with E-state index in [1.807, 2.05) is 12.1 Å². The van der Waals surface area contributed by atoms with Gasteiger partial charge in [-0.05, 0) is 30.0 Å². The molecule has 1 unspecified atom stereocenters. The molecule has 0 aromatic heterocycles. The highest BCUT2D eigenvalue weighted by Gasteiger charge is 2.09. The van der Waals surface area contributed by atoms with Gasteiger partial charge >= 0.3 is 0 Å². The van der Waals surface area contributed by atoms with E-state index in [-0.39, 0.29) is 6.04 Å². The molecule has 2 nitrogen and oxygen atoms in total. The van der Waals surface area contributed by atoms with Crippen molar-refractivity contribution >= 4 is 0 Å². The van der Waals surface area contributed by atoms with Gasteiger partial charge in [-0.25, -0.2) is 0 Å². The second-order valence-corrected chi connectivity index (χ2v) is 5.02. The molecule has 2 rings (SSSR count). The highest BCUT2D eigenvalue weighted by molar-refractivity contribution is 5.29. The zero-order valence-electron chi connectivity index (χ0n) is 12.1. The second kappa shape index (κ2) is 6.88. The average molecular weight is 264 g/mol. The van der Waals surface area contributed by atoms with Crippen LogP contribution in [0.4, 0.5) is 0 Å². The monoisotopic (exact) mass is 264 g/mol. The summed E-state index contributed by atoms with van der Waals surface area (Å²) in [5.41, 5.74) is 4.77. The van der Waals surface area contributed by atoms with Gasteiger partial charge in [-0.15, -0.1) is 0 Å². The fourth-order valence-corrected chi connectivity index (χ4v) is 2.11. The van der Waals surface area contributed by atoms with Gasteiger partial charge in [0.2, 0.25) is 0 Å². The van der Waals surface area contributed by atoms with Gasteiger partial charge in [-0.3, -0.25) is 5.32 Å². The third-order valence-electron chi connectivity index (χ3n) is 3.48. The summed E-state index contributed by atoms with van der Waals surface area (Å²) in [6.45, 7) is 4.91. The minimum absolute atomic E-state index is 0.262. The highest BCUT2D eigenvalue weighted by atomic mass is 14.9. The molecule has 1 atom stereocenters. The van der Waals surface area contributed by atoms with Crippen LogP contribution in [0.2, 0.25) is 0 Å². The second-order valence-electron chi connectivity index (χ2n) is 5.02. The summed E-state index contributed by atoms with van der Waals surface area (Å²) in [5.74, 6) is 0. The van der Waals surface area contributed by atoms with Crippen LogP contribution < -0.4 is 5.32 Å². The lowest BCUT2D eigenvalue weighted by atomic mass is 10.0. The van der Waals surface area contributed by atoms with Crippen LogP contribution >= 0.6 is 0 Å². The first-order chi connectivity index (χ1) is 9.72. The molecule has 2 aromatic rings. The van der Waals surface area contributed by atoms with E-state index in [2.05, 4.69) is 61.6 Å². The number of rotatable bonds is 5. The maximum Gasteiger partial charge on any atom is 0.121 e. The third-order valence-corrected chi connectivity index (χ3v) is 3.48. The van der Waals surface area contributed by atoms with Crippen molar-refractivity contribution in [3.05, 3.63) is 70.8 Å². The maximum absolute atomic E-state index is 9.32. The molecule has 0 aliphatic carbocycles. The van der Waals surface area contributed by atoms with E-state index in [1.54, 1.807) is 0 Å². The summed E-state index contributed by atoms with van der Waals surface area (Å²) in [4.78, 5) is 0. The van der Waals surface area contributed by atoms with Gasteiger partial charge in [-0.1, -0.05) is 61.0 Å². The van der Waals surface area contributed by atoms with Crippen LogP contribution in [-0.2, 0) is 13.0 Å². The average Bonchev–Trinajstić information content (AvgIpc) is 2.50. The molecule has 0 spiro atoms. The minimum Gasteiger partial charge on any atom is -0.294 e. The quantitative estimate of drug-likeness (QED) is 0.888. The van der Waals surface area contributed by atoms with Crippen molar-refractivity contribution < 1.29 is 0 Å². The van der Waals surface area contributed by atoms with Gasteiger partial charge < -0.3 is 0 Å². The molecule has 0 aliphatic heterocycles. The van der Waals surface area contributed by atoms with Gasteiger partial charge in [0, 0.05) is 6.54 Å². The summed E-state index contributed by atoms with van der Waals surface area (Å²) >= 11 is 0. The van der Waals surface area contributed by atoms with Crippen LogP contribution in [0.3, 0.4) is 0 Å². The van der Waals surface area contributed by atoms with Gasteiger partial charge in [-0.2, -0.15) is 5.26 Å². The summed E-state index contributed by atoms with van der Waals surface area (Å²) in [6.07, 6.45) is 1.02. The molecule has 0 radical (unpaired) electrons. The summed E-state index contributed by atoms with van der Waals surface area (Å²) in [6, 6.07) is 18.7. The number of hydrogen-bond donors (Lipinski definition) is 1. The third kappa shape index (κ3) is 3.69. The highest BCUT2D eigenvalue weighted by Crippen LogP contribution is 2.14. The lowest BCUT2D eigenvalue weighted by Gasteiger charge is -2.12. The molecule has 0 bridgehead atoms. The van der Waals surface area contributed by atoms with Crippen LogP contribution in [0.1, 0.15) is 35.2 Å². The Kier molecular flexibility index (Phi) is 4.92. The first-order valence-electron chi connectivity index (χ1n) is 7.00. The Labute approximate surface area is 121 Å². The van der Waals surface area contributed by atoms with E-state index in [9.17, 15) is 5.26 Å². The predicted octanol–water partition coefficient (Wildman–Crippen LogP) is 3.91. The maximum atomic E-state index is 9.32. The SMILES string of the molecule is CCc1ccc(C(C#N)NCc2ccc(C)cc2)cc1. The standard InChI is InChI=1S/C18H20N2/c1-3-15-8-10-17(11-9-15)18(12-19)20-13-16-6-4-14(2)5-7-16/h4-11,18,20H,3,13H2,1-2H3. The molecule has 1 N–H and O–H groups in total. The topological polar surface area (TPSA) is 35.8 Å². The molecule has 20 heavy (non-hydrogen) atoms. The van der Waals surface area contributed by atoms with Crippen LogP contribution in [0, 0.1) is 18.3 Å². The molecule has 0 aliphatic rings. The fraction of sp³-hybridized carbons (Fsp3) is 0.278. The van der Waals surface area contributed by atoms with Crippen LogP contribution in [0.25, 0.3) is 0 Å². The van der Waals surface area contributed by atoms with Crippen molar-refractivity contribution in [2.45, 2.75) is 32.9 Å². The predicted molar refractivity (Wildman–Crippen MR) is 82.2 cm³/mol. The van der Waals surface area contributed by atoms with Gasteiger partial charge in [0.25, 0.3) is 0 Å². The molecular formula is C18H20N2. The minimum atomic E-state index is -0.262. The Hall–Kier alpha value is -2.11. The van der Waals surface area contributed by atoms with Crippen molar-refractivity contribution in [3.8, 4) is 6.07 Å². The Morgan fingerprint density at radius 2 is 1.60 bits per heavy atom. The lowest BCUT2D eigenvalue weighted by Crippen LogP contribution is -2.19. The molecule has 0 saturated carbocycles. The zero-order chi connectivity index (χ0) is 14.4. The van der Waals surface area contributed by atoms with E-state index in [0.717, 1.165) is 12.0 Å². The smallest absolute Gasteiger partial charge is 0.121 e. The molecule has 0 saturated heterocycles. The van der Waals surface area contributed by atoms with Crippen molar-refractivity contribution in [3.63, 3.8) is 0 Å². The van der Waals surface area contributed by atoms with Gasteiger partial charge in [0.1, 0.15) is 6.04 Å². The Balaban J connectivity index is 2.01. The molecule has 2 heteroatoms. The Morgan fingerprint density at radius 3 is 2.15 bits per heavy atom. The Morgan fingerprint density at radius 1 is 1.00 bits per heavy atom. The van der Waals surface area contributed by atoms with Crippen molar-refractivity contribution in [2.24, 2.45) is 0 Å². The largest absolute Gasteiger partial charge is 0.294 e. The Bertz CT molecular complexity index is 576. The van der Waals surface area contributed by atoms with Crippen LogP contribution in [0.15, 0.2) is 48.5 Å².